The average molecular weight is 489 g/mol. The highest BCUT2D eigenvalue weighted by Crippen LogP contribution is 2.41. The second-order valence-electron chi connectivity index (χ2n) is 7.81. The first kappa shape index (κ1) is 22.6. The van der Waals surface area contributed by atoms with Crippen molar-refractivity contribution in [3.05, 3.63) is 84.1 Å². The molecule has 0 amide bonds. The Balaban J connectivity index is 1.91. The number of ether oxygens (including phenoxy) is 2. The van der Waals surface area contributed by atoms with Gasteiger partial charge in [0.1, 0.15) is 11.4 Å². The fourth-order valence-corrected chi connectivity index (χ4v) is 5.56. The number of benzene rings is 2. The molecule has 5 aromatic rings. The van der Waals surface area contributed by atoms with E-state index >= 15 is 0 Å². The first-order chi connectivity index (χ1) is 17.0. The van der Waals surface area contributed by atoms with Crippen molar-refractivity contribution in [3.63, 3.8) is 0 Å². The van der Waals surface area contributed by atoms with Gasteiger partial charge in [-0.15, -0.1) is 0 Å². The molecule has 10 heteroatoms. The first-order valence-electron chi connectivity index (χ1n) is 10.6. The van der Waals surface area contributed by atoms with Gasteiger partial charge in [-0.25, -0.2) is 17.4 Å². The molecule has 3 aromatic heterocycles. The average Bonchev–Trinajstić information content (AvgIpc) is 3.22. The number of nitrogens with zero attached hydrogens (tertiary/aromatic N) is 4. The van der Waals surface area contributed by atoms with Gasteiger partial charge in [-0.3, -0.25) is 14.8 Å². The molecule has 0 saturated heterocycles. The van der Waals surface area contributed by atoms with Crippen LogP contribution in [0.4, 0.5) is 0 Å². The van der Waals surface area contributed by atoms with Crippen molar-refractivity contribution in [1.82, 2.24) is 18.9 Å². The van der Waals surface area contributed by atoms with Crippen LogP contribution in [0.2, 0.25) is 0 Å². The van der Waals surface area contributed by atoms with E-state index in [-0.39, 0.29) is 23.1 Å². The summed E-state index contributed by atoms with van der Waals surface area (Å²) in [6.07, 6.45) is 6.47. The molecule has 0 aliphatic rings. The van der Waals surface area contributed by atoms with E-state index in [1.165, 1.54) is 35.9 Å². The highest BCUT2D eigenvalue weighted by Gasteiger charge is 2.28. The van der Waals surface area contributed by atoms with Crippen LogP contribution < -0.4 is 4.74 Å². The number of methoxy groups -OCH3 is 1. The predicted octanol–water partition coefficient (Wildman–Crippen LogP) is 4.28. The summed E-state index contributed by atoms with van der Waals surface area (Å²) in [5, 5.41) is 0.982. The van der Waals surface area contributed by atoms with Crippen LogP contribution in [0.25, 0.3) is 21.8 Å². The molecule has 176 valence electrons. The molecular formula is C25H20N4O5S. The molecule has 0 radical (unpaired) electrons. The van der Waals surface area contributed by atoms with Crippen molar-refractivity contribution in [2.45, 2.75) is 18.4 Å². The molecule has 0 N–H and O–H groups in total. The topological polar surface area (TPSA) is 113 Å². The molecule has 0 atom stereocenters. The van der Waals surface area contributed by atoms with Gasteiger partial charge < -0.3 is 9.47 Å². The van der Waals surface area contributed by atoms with Crippen LogP contribution in [-0.4, -0.2) is 40.7 Å². The summed E-state index contributed by atoms with van der Waals surface area (Å²) in [5.41, 5.74) is 2.21. The zero-order valence-electron chi connectivity index (χ0n) is 18.9. The Labute approximate surface area is 201 Å². The fraction of sp³-hybridized carbons (Fsp3) is 0.120. The van der Waals surface area contributed by atoms with Crippen molar-refractivity contribution in [3.8, 4) is 11.6 Å². The van der Waals surface area contributed by atoms with Crippen molar-refractivity contribution >= 4 is 38.1 Å². The third-order valence-corrected chi connectivity index (χ3v) is 7.34. The van der Waals surface area contributed by atoms with Crippen LogP contribution in [0, 0.1) is 6.92 Å². The predicted molar refractivity (Wildman–Crippen MR) is 129 cm³/mol. The highest BCUT2D eigenvalue weighted by atomic mass is 32.2. The Hall–Kier alpha value is -4.15. The lowest BCUT2D eigenvalue weighted by molar-refractivity contribution is 0.111. The standard InChI is InChI=1S/C25H20N4O5S/c1-16-6-8-17(9-7-16)35(31,32)29-20-4-3-5-22(34-23-13-26-10-11-27-23)25(20)24-18(15-33-2)19(14-30)28-12-21(24)29/h3-14H,15H2,1-2H3. The zero-order chi connectivity index (χ0) is 24.6. The largest absolute Gasteiger partial charge is 0.437 e. The van der Waals surface area contributed by atoms with E-state index in [0.29, 0.717) is 39.4 Å². The summed E-state index contributed by atoms with van der Waals surface area (Å²) in [6, 6.07) is 11.7. The molecular weight excluding hydrogens is 468 g/mol. The van der Waals surface area contributed by atoms with Gasteiger partial charge in [-0.2, -0.15) is 0 Å². The molecule has 0 saturated carbocycles. The summed E-state index contributed by atoms with van der Waals surface area (Å²) in [4.78, 5) is 24.4. The maximum Gasteiger partial charge on any atom is 0.268 e. The monoisotopic (exact) mass is 488 g/mol. The fourth-order valence-electron chi connectivity index (χ4n) is 4.06. The lowest BCUT2D eigenvalue weighted by Crippen LogP contribution is -2.13. The molecule has 0 bridgehead atoms. The summed E-state index contributed by atoms with van der Waals surface area (Å²) >= 11 is 0. The Kier molecular flexibility index (Phi) is 5.75. The van der Waals surface area contributed by atoms with Gasteiger partial charge in [-0.05, 0) is 31.2 Å². The number of aryl methyl sites for hydroxylation is 1. The number of carbonyl (C=O) groups excluding carboxylic acids is 1. The van der Waals surface area contributed by atoms with Gasteiger partial charge in [0.15, 0.2) is 6.29 Å². The molecule has 5 rings (SSSR count). The molecule has 0 aliphatic carbocycles. The molecule has 2 aromatic carbocycles. The number of fused-ring (bicyclic) bond motifs is 3. The van der Waals surface area contributed by atoms with Crippen molar-refractivity contribution in [2.24, 2.45) is 0 Å². The number of hydrogen-bond acceptors (Lipinski definition) is 8. The zero-order valence-corrected chi connectivity index (χ0v) is 19.7. The van der Waals surface area contributed by atoms with Gasteiger partial charge >= 0.3 is 0 Å². The van der Waals surface area contributed by atoms with Crippen LogP contribution in [0.5, 0.6) is 11.6 Å². The molecule has 3 heterocycles. The summed E-state index contributed by atoms with van der Waals surface area (Å²) in [7, 11) is -2.55. The maximum atomic E-state index is 13.9. The quantitative estimate of drug-likeness (QED) is 0.312. The van der Waals surface area contributed by atoms with Gasteiger partial charge in [0.05, 0.1) is 40.3 Å². The molecule has 0 aliphatic heterocycles. The van der Waals surface area contributed by atoms with Crippen molar-refractivity contribution in [1.29, 1.82) is 0 Å². The maximum absolute atomic E-state index is 13.9. The lowest BCUT2D eigenvalue weighted by Gasteiger charge is -2.10. The van der Waals surface area contributed by atoms with Crippen molar-refractivity contribution in [2.75, 3.05) is 7.11 Å². The minimum absolute atomic E-state index is 0.0432. The summed E-state index contributed by atoms with van der Waals surface area (Å²) in [5.74, 6) is 0.589. The first-order valence-corrected chi connectivity index (χ1v) is 12.0. The normalized spacial score (nSPS) is 11.7. The van der Waals surface area contributed by atoms with Gasteiger partial charge in [0.25, 0.3) is 10.0 Å². The van der Waals surface area contributed by atoms with Gasteiger partial charge in [0.2, 0.25) is 5.88 Å². The smallest absolute Gasteiger partial charge is 0.268 e. The minimum atomic E-state index is -4.04. The number of carbonyl (C=O) groups is 1. The van der Waals surface area contributed by atoms with Crippen LogP contribution >= 0.6 is 0 Å². The van der Waals surface area contributed by atoms with Crippen LogP contribution in [0.1, 0.15) is 21.6 Å². The number of aromatic nitrogens is 4. The van der Waals surface area contributed by atoms with Gasteiger partial charge in [0, 0.05) is 30.5 Å². The van der Waals surface area contributed by atoms with Crippen LogP contribution in [0.15, 0.2) is 72.1 Å². The van der Waals surface area contributed by atoms with E-state index in [4.69, 9.17) is 9.47 Å². The van der Waals surface area contributed by atoms with E-state index in [0.717, 1.165) is 5.56 Å². The lowest BCUT2D eigenvalue weighted by atomic mass is 10.1. The number of pyridine rings is 1. The third kappa shape index (κ3) is 3.82. The van der Waals surface area contributed by atoms with Crippen molar-refractivity contribution < 1.29 is 22.7 Å². The van der Waals surface area contributed by atoms with E-state index in [1.807, 2.05) is 6.92 Å². The molecule has 0 spiro atoms. The Morgan fingerprint density at radius 2 is 1.77 bits per heavy atom. The SMILES string of the molecule is COCc1c(C=O)ncc2c1c1c(Oc3cnccn3)cccc1n2S(=O)(=O)c1ccc(C)cc1. The summed E-state index contributed by atoms with van der Waals surface area (Å²) < 4.78 is 40.4. The summed E-state index contributed by atoms with van der Waals surface area (Å²) in [6.45, 7) is 1.93. The van der Waals surface area contributed by atoms with Gasteiger partial charge in [-0.1, -0.05) is 23.8 Å². The third-order valence-electron chi connectivity index (χ3n) is 5.60. The van der Waals surface area contributed by atoms with Crippen LogP contribution in [-0.2, 0) is 21.4 Å². The Bertz CT molecular complexity index is 1660. The molecule has 0 fully saturated rings. The molecule has 35 heavy (non-hydrogen) atoms. The minimum Gasteiger partial charge on any atom is -0.437 e. The van der Waals surface area contributed by atoms with E-state index in [9.17, 15) is 13.2 Å². The second kappa shape index (κ2) is 8.90. The highest BCUT2D eigenvalue weighted by molar-refractivity contribution is 7.90. The number of hydrogen-bond donors (Lipinski definition) is 0. The second-order valence-corrected chi connectivity index (χ2v) is 9.60. The van der Waals surface area contributed by atoms with Crippen LogP contribution in [0.3, 0.4) is 0 Å². The molecule has 0 unspecified atom stereocenters. The Morgan fingerprint density at radius 1 is 0.971 bits per heavy atom. The van der Waals surface area contributed by atoms with E-state index in [1.54, 1.807) is 42.5 Å². The van der Waals surface area contributed by atoms with E-state index < -0.39 is 10.0 Å². The Morgan fingerprint density at radius 3 is 2.46 bits per heavy atom. The number of rotatable bonds is 7. The number of aldehydes is 1. The molecule has 9 nitrogen and oxygen atoms in total. The van der Waals surface area contributed by atoms with E-state index in [2.05, 4.69) is 15.0 Å².